The molecule has 0 aliphatic carbocycles. The Bertz CT molecular complexity index is 525. The zero-order chi connectivity index (χ0) is 25.2. The number of quaternary nitrogens is 1. The van der Waals surface area contributed by atoms with Crippen molar-refractivity contribution in [3.8, 4) is 0 Å². The van der Waals surface area contributed by atoms with Gasteiger partial charge in [0.15, 0.2) is 6.10 Å². The molecule has 6 heteroatoms. The second-order valence-electron chi connectivity index (χ2n) is 9.61. The number of aliphatic carboxylic acids is 1. The van der Waals surface area contributed by atoms with Crippen LogP contribution < -0.4 is 5.11 Å². The number of hydrogen-bond acceptors (Lipinski definition) is 4. The number of unbranched alkanes of at least 4 members (excludes halogenated alkanes) is 13. The summed E-state index contributed by atoms with van der Waals surface area (Å²) in [6.45, 7) is -1.31. The van der Waals surface area contributed by atoms with E-state index in [9.17, 15) is 14.7 Å². The van der Waals surface area contributed by atoms with Gasteiger partial charge in [0.05, 0.1) is 21.1 Å². The molecule has 0 bridgehead atoms. The predicted octanol–water partition coefficient (Wildman–Crippen LogP) is 5.43. The summed E-state index contributed by atoms with van der Waals surface area (Å²) in [5.74, 6) is -1.50. The van der Waals surface area contributed by atoms with E-state index in [1.54, 1.807) is 0 Å². The number of carboxylic acid groups (broad SMARTS) is 1. The van der Waals surface area contributed by atoms with Crippen LogP contribution in [0.1, 0.15) is 120 Å². The van der Waals surface area contributed by atoms with Crippen molar-refractivity contribution in [3.05, 3.63) is 0 Å². The topological polar surface area (TPSA) is 66.4 Å². The van der Waals surface area contributed by atoms with Gasteiger partial charge in [-0.05, 0) is 6.42 Å². The molecule has 1 atom stereocenters. The fourth-order valence-corrected chi connectivity index (χ4v) is 3.70. The third kappa shape index (κ3) is 25.3. The number of carbonyl (C=O) groups is 2. The van der Waals surface area contributed by atoms with Gasteiger partial charge in [-0.25, -0.2) is 0 Å². The molecule has 0 heterocycles. The Labute approximate surface area is 202 Å². The molecule has 0 rings (SSSR count). The molecule has 0 saturated carbocycles. The second-order valence-corrected chi connectivity index (χ2v) is 9.61. The third-order valence-electron chi connectivity index (χ3n) is 5.25. The van der Waals surface area contributed by atoms with Crippen molar-refractivity contribution >= 4 is 24.3 Å². The first kappa shape index (κ1) is 26.4. The van der Waals surface area contributed by atoms with Crippen LogP contribution in [0.2, 0.25) is 0 Å². The minimum atomic E-state index is -1.76. The number of halogens is 1. The highest BCUT2D eigenvalue weighted by Crippen LogP contribution is 2.14. The highest BCUT2D eigenvalue weighted by molar-refractivity contribution is 5.85. The first-order valence-corrected chi connectivity index (χ1v) is 12.1. The van der Waals surface area contributed by atoms with Gasteiger partial charge in [-0.2, -0.15) is 0 Å². The molecule has 0 radical (unpaired) electrons. The zero-order valence-electron chi connectivity index (χ0n) is 23.3. The molecule has 5 nitrogen and oxygen atoms in total. The van der Waals surface area contributed by atoms with Crippen molar-refractivity contribution in [1.82, 2.24) is 0 Å². The lowest BCUT2D eigenvalue weighted by atomic mass is 10.0. The van der Waals surface area contributed by atoms with Crippen LogP contribution >= 0.6 is 12.4 Å². The molecule has 0 aromatic carbocycles. The number of carbonyl (C=O) groups excluding carboxylic acids is 2. The molecule has 186 valence electrons. The van der Waals surface area contributed by atoms with Crippen molar-refractivity contribution in [2.24, 2.45) is 0 Å². The second kappa shape index (κ2) is 21.1. The van der Waals surface area contributed by atoms with E-state index in [1.807, 2.05) is 21.1 Å². The summed E-state index contributed by atoms with van der Waals surface area (Å²) in [5.41, 5.74) is 0. The van der Waals surface area contributed by atoms with Crippen LogP contribution in [-0.4, -0.2) is 50.2 Å². The number of carboxylic acids is 1. The van der Waals surface area contributed by atoms with E-state index in [0.29, 0.717) is 23.9 Å². The molecule has 0 spiro atoms. The van der Waals surface area contributed by atoms with Crippen LogP contribution in [0, 0.1) is 0 Å². The minimum absolute atomic E-state index is 0. The highest BCUT2D eigenvalue weighted by Gasteiger charge is 2.22. The van der Waals surface area contributed by atoms with Crippen LogP contribution in [0.5, 0.6) is 0 Å². The first-order valence-electron chi connectivity index (χ1n) is 13.6. The summed E-state index contributed by atoms with van der Waals surface area (Å²) in [6, 6.07) is 0. The summed E-state index contributed by atoms with van der Waals surface area (Å²) in [6.07, 6.45) is 15.7. The van der Waals surface area contributed by atoms with E-state index in [4.69, 9.17) is 8.85 Å². The normalized spacial score (nSPS) is 14.1. The van der Waals surface area contributed by atoms with Gasteiger partial charge in [0, 0.05) is 22.9 Å². The lowest BCUT2D eigenvalue weighted by molar-refractivity contribution is -0.873. The van der Waals surface area contributed by atoms with Gasteiger partial charge in [-0.3, -0.25) is 4.79 Å². The molecule has 0 aliphatic rings. The van der Waals surface area contributed by atoms with Crippen LogP contribution in [0.25, 0.3) is 0 Å². The van der Waals surface area contributed by atoms with Crippen LogP contribution in [-0.2, 0) is 14.3 Å². The van der Waals surface area contributed by atoms with Gasteiger partial charge in [-0.15, -0.1) is 12.4 Å². The molecule has 0 unspecified atom stereocenters. The summed E-state index contributed by atoms with van der Waals surface area (Å²) in [4.78, 5) is 22.9. The standard InChI is InChI=1S/C25H49NO4.ClH/c1-5-6-7-8-9-10-11-12-13-14-15-16-17-18-19-20-25(29)30-23(21-24(27)28)22-26(2,3)4;/h23H,5-22H2,1-4H3;1H/t23-;/m1./s1/i1D3;. The molecular formula is C25H50ClNO4. The predicted molar refractivity (Wildman–Crippen MR) is 129 cm³/mol. The molecule has 0 aliphatic heterocycles. The smallest absolute Gasteiger partial charge is 0.306 e. The fraction of sp³-hybridized carbons (Fsp3) is 0.920. The number of rotatable bonds is 21. The Hall–Kier alpha value is -0.810. The molecule has 0 saturated heterocycles. The Kier molecular flexibility index (Phi) is 18.0. The minimum Gasteiger partial charge on any atom is -0.550 e. The van der Waals surface area contributed by atoms with Crippen LogP contribution in [0.15, 0.2) is 0 Å². The number of nitrogens with zero attached hydrogens (tertiary/aromatic N) is 1. The number of esters is 1. The molecule has 0 fully saturated rings. The molecule has 0 amide bonds. The molecule has 0 aromatic heterocycles. The molecule has 31 heavy (non-hydrogen) atoms. The maximum Gasteiger partial charge on any atom is 0.306 e. The average molecular weight is 467 g/mol. The van der Waals surface area contributed by atoms with E-state index >= 15 is 0 Å². The SMILES string of the molecule is Cl.[2H]C([2H])([2H])CCCCCCCCCCCCCCCCC(=O)O[C@H](CC(=O)[O-])C[N+](C)(C)C. The van der Waals surface area contributed by atoms with Gasteiger partial charge in [0.25, 0.3) is 0 Å². The van der Waals surface area contributed by atoms with Gasteiger partial charge in [0.2, 0.25) is 0 Å². The van der Waals surface area contributed by atoms with Gasteiger partial charge in [0.1, 0.15) is 6.54 Å². The number of ether oxygens (including phenoxy) is 1. The van der Waals surface area contributed by atoms with Gasteiger partial charge >= 0.3 is 5.97 Å². The van der Waals surface area contributed by atoms with Crippen LogP contribution in [0.4, 0.5) is 0 Å². The van der Waals surface area contributed by atoms with Gasteiger partial charge in [-0.1, -0.05) is 96.7 Å². The monoisotopic (exact) mass is 466 g/mol. The van der Waals surface area contributed by atoms with E-state index in [2.05, 4.69) is 0 Å². The van der Waals surface area contributed by atoms with Crippen molar-refractivity contribution in [1.29, 1.82) is 0 Å². The van der Waals surface area contributed by atoms with Crippen molar-refractivity contribution in [2.45, 2.75) is 122 Å². The van der Waals surface area contributed by atoms with E-state index in [0.717, 1.165) is 38.5 Å². The lowest BCUT2D eigenvalue weighted by Gasteiger charge is -2.29. The molecule has 0 aromatic rings. The number of likely N-dealkylation sites (N-methyl/N-ethyl adjacent to an activating group) is 1. The Balaban J connectivity index is 0. The molecule has 0 N–H and O–H groups in total. The zero-order valence-corrected chi connectivity index (χ0v) is 21.1. The fourth-order valence-electron chi connectivity index (χ4n) is 3.70. The Morgan fingerprint density at radius 2 is 1.23 bits per heavy atom. The summed E-state index contributed by atoms with van der Waals surface area (Å²) in [7, 11) is 5.80. The molecular weight excluding hydrogens is 414 g/mol. The van der Waals surface area contributed by atoms with Crippen molar-refractivity contribution < 1.29 is 28.0 Å². The Morgan fingerprint density at radius 1 is 0.806 bits per heavy atom. The summed E-state index contributed by atoms with van der Waals surface area (Å²) < 4.78 is 27.4. The van der Waals surface area contributed by atoms with E-state index in [1.165, 1.54) is 51.4 Å². The van der Waals surface area contributed by atoms with E-state index < -0.39 is 18.9 Å². The Morgan fingerprint density at radius 3 is 1.61 bits per heavy atom. The quantitative estimate of drug-likeness (QED) is 0.128. The van der Waals surface area contributed by atoms with Crippen molar-refractivity contribution in [2.75, 3.05) is 27.7 Å². The van der Waals surface area contributed by atoms with Crippen molar-refractivity contribution in [3.63, 3.8) is 0 Å². The summed E-state index contributed by atoms with van der Waals surface area (Å²) in [5, 5.41) is 10.9. The largest absolute Gasteiger partial charge is 0.550 e. The average Bonchev–Trinajstić information content (AvgIpc) is 2.64. The maximum atomic E-state index is 12.0. The van der Waals surface area contributed by atoms with Gasteiger partial charge < -0.3 is 19.1 Å². The highest BCUT2D eigenvalue weighted by atomic mass is 35.5. The maximum absolute atomic E-state index is 12.0. The van der Waals surface area contributed by atoms with Crippen LogP contribution in [0.3, 0.4) is 0 Å². The first-order chi connectivity index (χ1) is 15.4. The summed E-state index contributed by atoms with van der Waals surface area (Å²) >= 11 is 0. The number of hydrogen-bond donors (Lipinski definition) is 0. The van der Waals surface area contributed by atoms with E-state index in [-0.39, 0.29) is 24.8 Å². The third-order valence-corrected chi connectivity index (χ3v) is 5.25. The lowest BCUT2D eigenvalue weighted by Crippen LogP contribution is -2.45.